The van der Waals surface area contributed by atoms with E-state index in [0.717, 1.165) is 63.7 Å². The van der Waals surface area contributed by atoms with Crippen molar-refractivity contribution < 1.29 is 28.6 Å². The van der Waals surface area contributed by atoms with Crippen LogP contribution in [0.3, 0.4) is 0 Å². The summed E-state index contributed by atoms with van der Waals surface area (Å²) in [5, 5.41) is 0. The minimum Gasteiger partial charge on any atom is -0.462 e. The monoisotopic (exact) mass is 821 g/mol. The molecule has 0 heterocycles. The van der Waals surface area contributed by atoms with E-state index in [1.807, 2.05) is 0 Å². The number of hydrogen-bond acceptors (Lipinski definition) is 6. The molecule has 0 aliphatic rings. The van der Waals surface area contributed by atoms with Crippen LogP contribution >= 0.6 is 0 Å². The van der Waals surface area contributed by atoms with E-state index < -0.39 is 6.10 Å². The summed E-state index contributed by atoms with van der Waals surface area (Å²) >= 11 is 0. The highest BCUT2D eigenvalue weighted by molar-refractivity contribution is 5.71. The third-order valence-electron chi connectivity index (χ3n) is 12.2. The summed E-state index contributed by atoms with van der Waals surface area (Å²) in [6.45, 7) is 9.03. The Labute approximate surface area is 361 Å². The van der Waals surface area contributed by atoms with Crippen LogP contribution in [-0.2, 0) is 28.6 Å². The van der Waals surface area contributed by atoms with Crippen molar-refractivity contribution in [2.45, 2.75) is 297 Å². The highest BCUT2D eigenvalue weighted by atomic mass is 16.6. The molecule has 0 saturated carbocycles. The molecule has 0 N–H and O–H groups in total. The lowest BCUT2D eigenvalue weighted by atomic mass is 9.99. The minimum atomic E-state index is -0.761. The quantitative estimate of drug-likeness (QED) is 0.0346. The molecule has 0 aliphatic heterocycles. The molecule has 344 valence electrons. The maximum absolute atomic E-state index is 12.8. The van der Waals surface area contributed by atoms with Crippen molar-refractivity contribution >= 4 is 17.9 Å². The minimum absolute atomic E-state index is 0.0631. The van der Waals surface area contributed by atoms with Crippen LogP contribution in [0.5, 0.6) is 0 Å². The van der Waals surface area contributed by atoms with Crippen molar-refractivity contribution in [2.24, 2.45) is 5.92 Å². The molecule has 0 aromatic heterocycles. The van der Waals surface area contributed by atoms with Crippen LogP contribution in [0.2, 0.25) is 0 Å². The molecule has 1 unspecified atom stereocenters. The molecule has 6 nitrogen and oxygen atoms in total. The Kier molecular flexibility index (Phi) is 45.2. The van der Waals surface area contributed by atoms with Gasteiger partial charge in [-0.2, -0.15) is 0 Å². The zero-order valence-electron chi connectivity index (χ0n) is 39.5. The van der Waals surface area contributed by atoms with E-state index in [1.165, 1.54) is 186 Å². The summed E-state index contributed by atoms with van der Waals surface area (Å²) in [6.07, 6.45) is 47.9. The van der Waals surface area contributed by atoms with Gasteiger partial charge in [0.05, 0.1) is 0 Å². The lowest BCUT2D eigenvalue weighted by molar-refractivity contribution is -0.167. The molecule has 0 aliphatic carbocycles. The van der Waals surface area contributed by atoms with Gasteiger partial charge in [0.2, 0.25) is 0 Å². The zero-order chi connectivity index (χ0) is 42.4. The van der Waals surface area contributed by atoms with Gasteiger partial charge >= 0.3 is 17.9 Å². The van der Waals surface area contributed by atoms with Gasteiger partial charge in [0.25, 0.3) is 0 Å². The van der Waals surface area contributed by atoms with Crippen LogP contribution in [0.25, 0.3) is 0 Å². The Bertz CT molecular complexity index is 874. The summed E-state index contributed by atoms with van der Waals surface area (Å²) in [6, 6.07) is 0. The van der Waals surface area contributed by atoms with Gasteiger partial charge in [0.1, 0.15) is 13.2 Å². The molecular weight excluding hydrogens is 721 g/mol. The standard InChI is InChI=1S/C52H100O6/c1-5-8-10-12-14-16-18-20-21-23-25-27-32-36-40-44-51(54)57-47-49(58-52(55)45-41-37-33-29-28-30-34-38-42-48(4)7-3)46-56-50(53)43-39-35-31-26-24-22-19-17-15-13-11-9-6-2/h48-49H,5-47H2,1-4H3/t48?,49-/m1/s1. The van der Waals surface area contributed by atoms with E-state index in [4.69, 9.17) is 14.2 Å². The van der Waals surface area contributed by atoms with Gasteiger partial charge in [-0.05, 0) is 25.2 Å². The first-order valence-electron chi connectivity index (χ1n) is 25.9. The van der Waals surface area contributed by atoms with E-state index in [1.54, 1.807) is 0 Å². The first-order valence-corrected chi connectivity index (χ1v) is 25.9. The Morgan fingerprint density at radius 2 is 0.603 bits per heavy atom. The highest BCUT2D eigenvalue weighted by Gasteiger charge is 2.19. The van der Waals surface area contributed by atoms with Gasteiger partial charge in [-0.25, -0.2) is 0 Å². The normalized spacial score (nSPS) is 12.4. The first kappa shape index (κ1) is 56.4. The number of ether oxygens (including phenoxy) is 3. The smallest absolute Gasteiger partial charge is 0.306 e. The number of hydrogen-bond donors (Lipinski definition) is 0. The number of esters is 3. The third kappa shape index (κ3) is 44.0. The molecule has 0 amide bonds. The van der Waals surface area contributed by atoms with Crippen molar-refractivity contribution in [1.29, 1.82) is 0 Å². The van der Waals surface area contributed by atoms with E-state index in [2.05, 4.69) is 27.7 Å². The Morgan fingerprint density at radius 1 is 0.345 bits per heavy atom. The van der Waals surface area contributed by atoms with E-state index >= 15 is 0 Å². The SMILES string of the molecule is CCCCCCCCCCCCCCCCCC(=O)OC[C@@H](COC(=O)CCCCCCCCCCCCCCC)OC(=O)CCCCCCCCCCC(C)CC. The average Bonchev–Trinajstić information content (AvgIpc) is 3.22. The number of carbonyl (C=O) groups is 3. The largest absolute Gasteiger partial charge is 0.462 e. The van der Waals surface area contributed by atoms with Crippen LogP contribution in [0.15, 0.2) is 0 Å². The number of carbonyl (C=O) groups excluding carboxylic acids is 3. The molecule has 0 aromatic rings. The topological polar surface area (TPSA) is 78.9 Å². The van der Waals surface area contributed by atoms with Crippen LogP contribution < -0.4 is 0 Å². The Morgan fingerprint density at radius 3 is 0.897 bits per heavy atom. The Balaban J connectivity index is 4.31. The first-order chi connectivity index (χ1) is 28.4. The summed E-state index contributed by atoms with van der Waals surface area (Å²) in [4.78, 5) is 37.9. The van der Waals surface area contributed by atoms with Gasteiger partial charge < -0.3 is 14.2 Å². The molecule has 0 saturated heterocycles. The zero-order valence-corrected chi connectivity index (χ0v) is 39.5. The maximum Gasteiger partial charge on any atom is 0.306 e. The molecule has 0 spiro atoms. The molecule has 0 rings (SSSR count). The highest BCUT2D eigenvalue weighted by Crippen LogP contribution is 2.17. The fourth-order valence-electron chi connectivity index (χ4n) is 7.83. The maximum atomic E-state index is 12.8. The second-order valence-electron chi connectivity index (χ2n) is 18.1. The van der Waals surface area contributed by atoms with E-state index in [9.17, 15) is 14.4 Å². The molecular formula is C52H100O6. The van der Waals surface area contributed by atoms with E-state index in [0.29, 0.717) is 19.3 Å². The Hall–Kier alpha value is -1.59. The van der Waals surface area contributed by atoms with E-state index in [-0.39, 0.29) is 31.1 Å². The summed E-state index contributed by atoms with van der Waals surface area (Å²) in [7, 11) is 0. The predicted molar refractivity (Wildman–Crippen MR) is 247 cm³/mol. The lowest BCUT2D eigenvalue weighted by Gasteiger charge is -2.18. The molecule has 6 heteroatoms. The molecule has 0 radical (unpaired) electrons. The molecule has 2 atom stereocenters. The molecule has 58 heavy (non-hydrogen) atoms. The fourth-order valence-corrected chi connectivity index (χ4v) is 7.83. The van der Waals surface area contributed by atoms with Crippen LogP contribution in [0.1, 0.15) is 291 Å². The van der Waals surface area contributed by atoms with Crippen molar-refractivity contribution in [3.05, 3.63) is 0 Å². The summed E-state index contributed by atoms with van der Waals surface area (Å²) in [5.74, 6) is -0.000805. The van der Waals surface area contributed by atoms with Gasteiger partial charge in [-0.15, -0.1) is 0 Å². The number of unbranched alkanes of at least 4 members (excludes halogenated alkanes) is 33. The van der Waals surface area contributed by atoms with Gasteiger partial charge in [-0.1, -0.05) is 252 Å². The van der Waals surface area contributed by atoms with Crippen LogP contribution in [0.4, 0.5) is 0 Å². The lowest BCUT2D eigenvalue weighted by Crippen LogP contribution is -2.30. The molecule has 0 aromatic carbocycles. The predicted octanol–water partition coefficient (Wildman–Crippen LogP) is 16.7. The van der Waals surface area contributed by atoms with Crippen molar-refractivity contribution in [3.8, 4) is 0 Å². The van der Waals surface area contributed by atoms with Crippen molar-refractivity contribution in [3.63, 3.8) is 0 Å². The average molecular weight is 821 g/mol. The molecule has 0 fully saturated rings. The van der Waals surface area contributed by atoms with Crippen LogP contribution in [0, 0.1) is 5.92 Å². The van der Waals surface area contributed by atoms with Crippen molar-refractivity contribution in [2.75, 3.05) is 13.2 Å². The second kappa shape index (κ2) is 46.5. The fraction of sp³-hybridized carbons (Fsp3) is 0.942. The summed E-state index contributed by atoms with van der Waals surface area (Å²) < 4.78 is 16.8. The van der Waals surface area contributed by atoms with Gasteiger partial charge in [0, 0.05) is 19.3 Å². The second-order valence-corrected chi connectivity index (χ2v) is 18.1. The van der Waals surface area contributed by atoms with Gasteiger partial charge in [0.15, 0.2) is 6.10 Å². The van der Waals surface area contributed by atoms with Gasteiger partial charge in [-0.3, -0.25) is 14.4 Å². The third-order valence-corrected chi connectivity index (χ3v) is 12.2. The number of rotatable bonds is 47. The summed E-state index contributed by atoms with van der Waals surface area (Å²) in [5.41, 5.74) is 0. The van der Waals surface area contributed by atoms with Crippen LogP contribution in [-0.4, -0.2) is 37.2 Å². The molecule has 0 bridgehead atoms. The van der Waals surface area contributed by atoms with Crippen molar-refractivity contribution in [1.82, 2.24) is 0 Å².